The third-order valence-corrected chi connectivity index (χ3v) is 4.92. The zero-order valence-electron chi connectivity index (χ0n) is 11.8. The van der Waals surface area contributed by atoms with Crippen LogP contribution >= 0.6 is 22.9 Å². The van der Waals surface area contributed by atoms with Gasteiger partial charge in [0.05, 0.1) is 0 Å². The predicted molar refractivity (Wildman–Crippen MR) is 88.5 cm³/mol. The maximum Gasteiger partial charge on any atom is 0.273 e. The monoisotopic (exact) mass is 321 g/mol. The largest absolute Gasteiger partial charge is 0.345 e. The van der Waals surface area contributed by atoms with Gasteiger partial charge < -0.3 is 9.80 Å². The molecule has 1 fully saturated rings. The molecule has 110 valence electrons. The van der Waals surface area contributed by atoms with Gasteiger partial charge in [0.1, 0.15) is 0 Å². The van der Waals surface area contributed by atoms with Crippen molar-refractivity contribution < 1.29 is 0 Å². The van der Waals surface area contributed by atoms with Gasteiger partial charge in [-0.1, -0.05) is 35.1 Å². The number of nitrogens with zero attached hydrogens (tertiary/aromatic N) is 3. The highest BCUT2D eigenvalue weighted by molar-refractivity contribution is 7.18. The van der Waals surface area contributed by atoms with Crippen LogP contribution in [0.2, 0.25) is 5.02 Å². The molecule has 4 nitrogen and oxygen atoms in total. The molecule has 1 aliphatic rings. The number of halogens is 1. The van der Waals surface area contributed by atoms with E-state index in [-0.39, 0.29) is 5.56 Å². The van der Waals surface area contributed by atoms with Crippen molar-refractivity contribution in [2.75, 3.05) is 38.1 Å². The average Bonchev–Trinajstić information content (AvgIpc) is 2.48. The first-order chi connectivity index (χ1) is 10.1. The fourth-order valence-electron chi connectivity index (χ4n) is 2.28. The number of benzene rings is 1. The summed E-state index contributed by atoms with van der Waals surface area (Å²) < 4.78 is 0. The first-order valence-electron chi connectivity index (χ1n) is 6.83. The van der Waals surface area contributed by atoms with Gasteiger partial charge in [-0.15, -0.1) is 0 Å². The van der Waals surface area contributed by atoms with E-state index in [1.165, 1.54) is 0 Å². The minimum Gasteiger partial charge on any atom is -0.345 e. The molecule has 0 aliphatic carbocycles. The molecule has 21 heavy (non-hydrogen) atoms. The van der Waals surface area contributed by atoms with Crippen LogP contribution in [0.5, 0.6) is 0 Å². The van der Waals surface area contributed by atoms with Crippen LogP contribution in [0.15, 0.2) is 35.1 Å². The van der Waals surface area contributed by atoms with Crippen LogP contribution in [0.4, 0.5) is 5.13 Å². The van der Waals surface area contributed by atoms with Gasteiger partial charge in [0.15, 0.2) is 5.13 Å². The lowest BCUT2D eigenvalue weighted by Crippen LogP contribution is -2.44. The Morgan fingerprint density at radius 1 is 1.14 bits per heavy atom. The SMILES string of the molecule is CN1CCN(c2nc(=O)cc(-c3ccc(Cl)cc3)s2)CC1. The van der Waals surface area contributed by atoms with Crippen molar-refractivity contribution >= 4 is 28.1 Å². The van der Waals surface area contributed by atoms with Crippen molar-refractivity contribution in [2.24, 2.45) is 0 Å². The minimum atomic E-state index is -0.187. The Balaban J connectivity index is 1.93. The molecular formula is C15H16ClN3OS. The summed E-state index contributed by atoms with van der Waals surface area (Å²) in [7, 11) is 2.11. The highest BCUT2D eigenvalue weighted by atomic mass is 35.5. The highest BCUT2D eigenvalue weighted by Crippen LogP contribution is 2.29. The van der Waals surface area contributed by atoms with Crippen molar-refractivity contribution in [3.63, 3.8) is 0 Å². The molecule has 0 bridgehead atoms. The number of rotatable bonds is 2. The molecule has 0 N–H and O–H groups in total. The van der Waals surface area contributed by atoms with Gasteiger partial charge in [-0.25, -0.2) is 0 Å². The number of aromatic nitrogens is 1. The lowest BCUT2D eigenvalue weighted by atomic mass is 10.2. The summed E-state index contributed by atoms with van der Waals surface area (Å²) in [4.78, 5) is 21.5. The lowest BCUT2D eigenvalue weighted by Gasteiger charge is -2.32. The summed E-state index contributed by atoms with van der Waals surface area (Å²) >= 11 is 7.47. The van der Waals surface area contributed by atoms with Crippen molar-refractivity contribution in [1.29, 1.82) is 0 Å². The van der Waals surface area contributed by atoms with Crippen LogP contribution in [0.3, 0.4) is 0 Å². The van der Waals surface area contributed by atoms with Gasteiger partial charge in [-0.2, -0.15) is 4.98 Å². The Morgan fingerprint density at radius 3 is 2.48 bits per heavy atom. The molecule has 2 aromatic rings. The van der Waals surface area contributed by atoms with Crippen LogP contribution < -0.4 is 10.5 Å². The first kappa shape index (κ1) is 14.5. The summed E-state index contributed by atoms with van der Waals surface area (Å²) in [5, 5.41) is 1.50. The molecule has 1 aromatic heterocycles. The fourth-order valence-corrected chi connectivity index (χ4v) is 3.46. The van der Waals surface area contributed by atoms with E-state index < -0.39 is 0 Å². The number of piperazine rings is 1. The minimum absolute atomic E-state index is 0.187. The topological polar surface area (TPSA) is 36.4 Å². The smallest absolute Gasteiger partial charge is 0.273 e. The van der Waals surface area contributed by atoms with Crippen LogP contribution in [-0.2, 0) is 0 Å². The molecule has 1 aromatic carbocycles. The number of hydrogen-bond donors (Lipinski definition) is 0. The van der Waals surface area contributed by atoms with Gasteiger partial charge >= 0.3 is 0 Å². The standard InChI is InChI=1S/C15H16ClN3OS/c1-18-6-8-19(9-7-18)15-17-14(20)10-13(21-15)11-2-4-12(16)5-3-11/h2-5,10H,6-9H2,1H3. The van der Waals surface area contributed by atoms with Crippen LogP contribution in [0, 0.1) is 0 Å². The molecule has 0 saturated carbocycles. The summed E-state index contributed by atoms with van der Waals surface area (Å²) in [6.07, 6.45) is 0. The Labute approximate surface area is 132 Å². The van der Waals surface area contributed by atoms with Crippen LogP contribution in [-0.4, -0.2) is 43.1 Å². The lowest BCUT2D eigenvalue weighted by molar-refractivity contribution is 0.312. The van der Waals surface area contributed by atoms with E-state index in [4.69, 9.17) is 11.6 Å². The second kappa shape index (κ2) is 6.13. The first-order valence-corrected chi connectivity index (χ1v) is 8.03. The Morgan fingerprint density at radius 2 is 1.81 bits per heavy atom. The predicted octanol–water partition coefficient (Wildman–Crippen LogP) is 2.58. The number of likely N-dealkylation sites (N-methyl/N-ethyl adjacent to an activating group) is 1. The van der Waals surface area contributed by atoms with Crippen LogP contribution in [0.1, 0.15) is 0 Å². The molecule has 1 aliphatic heterocycles. The molecule has 0 radical (unpaired) electrons. The van der Waals surface area contributed by atoms with Gasteiger partial charge in [-0.05, 0) is 24.7 Å². The summed E-state index contributed by atoms with van der Waals surface area (Å²) in [6, 6.07) is 9.13. The zero-order valence-corrected chi connectivity index (χ0v) is 13.3. The van der Waals surface area contributed by atoms with Crippen molar-refractivity contribution in [3.8, 4) is 10.4 Å². The van der Waals surface area contributed by atoms with Gasteiger partial charge in [0, 0.05) is 42.1 Å². The van der Waals surface area contributed by atoms with Crippen molar-refractivity contribution in [1.82, 2.24) is 9.88 Å². The van der Waals surface area contributed by atoms with E-state index in [1.807, 2.05) is 24.3 Å². The molecule has 2 heterocycles. The van der Waals surface area contributed by atoms with Crippen molar-refractivity contribution in [2.45, 2.75) is 0 Å². The summed E-state index contributed by atoms with van der Waals surface area (Å²) in [5.41, 5.74) is 0.812. The third kappa shape index (κ3) is 3.43. The summed E-state index contributed by atoms with van der Waals surface area (Å²) in [5.74, 6) is 0. The fraction of sp³-hybridized carbons (Fsp3) is 0.333. The number of anilines is 1. The van der Waals surface area contributed by atoms with Gasteiger partial charge in [0.2, 0.25) is 0 Å². The molecule has 3 rings (SSSR count). The Kier molecular flexibility index (Phi) is 4.24. The van der Waals surface area contributed by atoms with E-state index in [0.29, 0.717) is 5.02 Å². The second-order valence-corrected chi connectivity index (χ2v) is 6.59. The Bertz CT molecular complexity index is 678. The average molecular weight is 322 g/mol. The van der Waals surface area contributed by atoms with Gasteiger partial charge in [-0.3, -0.25) is 4.79 Å². The van der Waals surface area contributed by atoms with Crippen LogP contribution in [0.25, 0.3) is 10.4 Å². The zero-order chi connectivity index (χ0) is 14.8. The molecule has 6 heteroatoms. The van der Waals surface area contributed by atoms with E-state index in [1.54, 1.807) is 17.4 Å². The van der Waals surface area contributed by atoms with E-state index in [2.05, 4.69) is 21.8 Å². The van der Waals surface area contributed by atoms with E-state index in [9.17, 15) is 4.79 Å². The Hall–Kier alpha value is -1.43. The van der Waals surface area contributed by atoms with Gasteiger partial charge in [0.25, 0.3) is 5.56 Å². The third-order valence-electron chi connectivity index (χ3n) is 3.56. The molecule has 0 unspecified atom stereocenters. The summed E-state index contributed by atoms with van der Waals surface area (Å²) in [6.45, 7) is 3.80. The molecule has 0 amide bonds. The number of hydrogen-bond acceptors (Lipinski definition) is 5. The normalized spacial score (nSPS) is 16.2. The maximum absolute atomic E-state index is 11.9. The maximum atomic E-state index is 11.9. The molecule has 0 atom stereocenters. The quantitative estimate of drug-likeness (QED) is 0.852. The highest BCUT2D eigenvalue weighted by Gasteiger charge is 2.17. The van der Waals surface area contributed by atoms with E-state index in [0.717, 1.165) is 41.8 Å². The molecule has 0 spiro atoms. The molecule has 1 saturated heterocycles. The second-order valence-electron chi connectivity index (χ2n) is 5.14. The van der Waals surface area contributed by atoms with E-state index >= 15 is 0 Å². The molecular weight excluding hydrogens is 306 g/mol. The van der Waals surface area contributed by atoms with Crippen molar-refractivity contribution in [3.05, 3.63) is 45.7 Å².